The molecule has 1 heterocycles. The number of hydrogen-bond donors (Lipinski definition) is 1. The topological polar surface area (TPSA) is 79.5 Å². The van der Waals surface area contributed by atoms with Crippen LogP contribution in [0.2, 0.25) is 0 Å². The van der Waals surface area contributed by atoms with Gasteiger partial charge in [0.2, 0.25) is 5.89 Å². The molecule has 0 radical (unpaired) electrons. The van der Waals surface area contributed by atoms with E-state index < -0.39 is 5.97 Å². The monoisotopic (exact) mass is 283 g/mol. The molecule has 0 aliphatic heterocycles. The van der Waals surface area contributed by atoms with Crippen LogP contribution in [0.3, 0.4) is 0 Å². The molecule has 0 saturated heterocycles. The Balaban J connectivity index is 2.61. The van der Waals surface area contributed by atoms with E-state index in [0.717, 1.165) is 19.3 Å². The number of nitrogens with zero attached hydrogens (tertiary/aromatic N) is 3. The molecular formula is C14H25N3O3. The summed E-state index contributed by atoms with van der Waals surface area (Å²) in [6.07, 6.45) is 2.69. The van der Waals surface area contributed by atoms with Crippen LogP contribution in [0.25, 0.3) is 0 Å². The molecule has 1 atom stereocenters. The van der Waals surface area contributed by atoms with Crippen LogP contribution < -0.4 is 0 Å². The minimum atomic E-state index is -0.843. The summed E-state index contributed by atoms with van der Waals surface area (Å²) in [5, 5.41) is 12.9. The molecule has 1 unspecified atom stereocenters. The lowest BCUT2D eigenvalue weighted by Crippen LogP contribution is -2.36. The molecule has 0 amide bonds. The molecule has 0 aromatic carbocycles. The van der Waals surface area contributed by atoms with Crippen molar-refractivity contribution in [2.75, 3.05) is 6.54 Å². The highest BCUT2D eigenvalue weighted by atomic mass is 16.5. The first-order chi connectivity index (χ1) is 9.42. The third-order valence-corrected chi connectivity index (χ3v) is 3.35. The van der Waals surface area contributed by atoms with Crippen LogP contribution >= 0.6 is 0 Å². The average Bonchev–Trinajstić information content (AvgIpc) is 2.81. The summed E-state index contributed by atoms with van der Waals surface area (Å²) < 4.78 is 5.21. The van der Waals surface area contributed by atoms with Gasteiger partial charge in [0.25, 0.3) is 0 Å². The van der Waals surface area contributed by atoms with Crippen molar-refractivity contribution in [3.63, 3.8) is 0 Å². The van der Waals surface area contributed by atoms with Gasteiger partial charge in [-0.2, -0.15) is 4.98 Å². The molecule has 0 aliphatic rings. The van der Waals surface area contributed by atoms with Crippen molar-refractivity contribution in [1.82, 2.24) is 15.0 Å². The van der Waals surface area contributed by atoms with Crippen molar-refractivity contribution in [1.29, 1.82) is 0 Å². The first-order valence-electron chi connectivity index (χ1n) is 7.19. The van der Waals surface area contributed by atoms with Gasteiger partial charge in [-0.25, -0.2) is 0 Å². The lowest BCUT2D eigenvalue weighted by Gasteiger charge is -2.24. The Morgan fingerprint density at radius 1 is 1.40 bits per heavy atom. The third kappa shape index (κ3) is 5.69. The van der Waals surface area contributed by atoms with Gasteiger partial charge in [-0.1, -0.05) is 25.9 Å². The molecule has 114 valence electrons. The van der Waals surface area contributed by atoms with E-state index in [9.17, 15) is 4.79 Å². The van der Waals surface area contributed by atoms with Gasteiger partial charge in [-0.15, -0.1) is 0 Å². The van der Waals surface area contributed by atoms with E-state index >= 15 is 0 Å². The summed E-state index contributed by atoms with van der Waals surface area (Å²) in [5.41, 5.74) is 0. The maximum Gasteiger partial charge on any atom is 0.317 e. The van der Waals surface area contributed by atoms with Crippen molar-refractivity contribution in [2.45, 2.75) is 59.5 Å². The van der Waals surface area contributed by atoms with E-state index in [1.165, 1.54) is 0 Å². The first kappa shape index (κ1) is 16.6. The number of rotatable bonds is 9. The molecule has 1 aromatic rings. The van der Waals surface area contributed by atoms with Crippen LogP contribution in [0.5, 0.6) is 0 Å². The molecule has 0 saturated carbocycles. The lowest BCUT2D eigenvalue weighted by atomic mass is 10.1. The minimum absolute atomic E-state index is 0.0152. The Morgan fingerprint density at radius 2 is 2.10 bits per heavy atom. The molecule has 0 aliphatic carbocycles. The maximum absolute atomic E-state index is 10.9. The Bertz CT molecular complexity index is 418. The number of carbonyl (C=O) groups is 1. The Morgan fingerprint density at radius 3 is 2.65 bits per heavy atom. The fraction of sp³-hybridized carbons (Fsp3) is 0.786. The molecule has 0 spiro atoms. The molecule has 1 rings (SSSR count). The normalized spacial score (nSPS) is 13.1. The van der Waals surface area contributed by atoms with Crippen LogP contribution in [0, 0.1) is 5.92 Å². The zero-order valence-electron chi connectivity index (χ0n) is 12.8. The van der Waals surface area contributed by atoms with Gasteiger partial charge in [-0.05, 0) is 25.7 Å². The molecular weight excluding hydrogens is 258 g/mol. The summed E-state index contributed by atoms with van der Waals surface area (Å²) in [7, 11) is 0. The summed E-state index contributed by atoms with van der Waals surface area (Å²) in [6, 6.07) is 0.164. The molecule has 20 heavy (non-hydrogen) atoms. The first-order valence-corrected chi connectivity index (χ1v) is 7.19. The number of aryl methyl sites for hydroxylation is 1. The van der Waals surface area contributed by atoms with Crippen LogP contribution in [-0.2, 0) is 17.8 Å². The number of aromatic nitrogens is 2. The zero-order valence-corrected chi connectivity index (χ0v) is 12.8. The van der Waals surface area contributed by atoms with Gasteiger partial charge in [0.15, 0.2) is 5.82 Å². The Labute approximate surface area is 120 Å². The van der Waals surface area contributed by atoms with Crippen LogP contribution in [-0.4, -0.2) is 38.7 Å². The summed E-state index contributed by atoms with van der Waals surface area (Å²) >= 11 is 0. The second-order valence-corrected chi connectivity index (χ2v) is 5.59. The second-order valence-electron chi connectivity index (χ2n) is 5.59. The molecule has 0 fully saturated rings. The highest BCUT2D eigenvalue weighted by molar-refractivity contribution is 5.69. The van der Waals surface area contributed by atoms with Crippen LogP contribution in [0.4, 0.5) is 0 Å². The van der Waals surface area contributed by atoms with E-state index in [-0.39, 0.29) is 12.6 Å². The smallest absolute Gasteiger partial charge is 0.317 e. The van der Waals surface area contributed by atoms with Crippen molar-refractivity contribution in [3.8, 4) is 0 Å². The van der Waals surface area contributed by atoms with Crippen LogP contribution in [0.15, 0.2) is 4.52 Å². The van der Waals surface area contributed by atoms with E-state index in [0.29, 0.717) is 24.2 Å². The number of aliphatic carboxylic acids is 1. The molecule has 1 N–H and O–H groups in total. The van der Waals surface area contributed by atoms with Gasteiger partial charge < -0.3 is 9.63 Å². The summed E-state index contributed by atoms with van der Waals surface area (Å²) in [6.45, 7) is 8.70. The fourth-order valence-corrected chi connectivity index (χ4v) is 1.85. The zero-order chi connectivity index (χ0) is 15.1. The highest BCUT2D eigenvalue weighted by Gasteiger charge is 2.19. The van der Waals surface area contributed by atoms with E-state index in [2.05, 4.69) is 24.0 Å². The molecule has 6 heteroatoms. The van der Waals surface area contributed by atoms with Crippen molar-refractivity contribution >= 4 is 5.97 Å². The largest absolute Gasteiger partial charge is 0.480 e. The molecule has 0 bridgehead atoms. The van der Waals surface area contributed by atoms with Crippen molar-refractivity contribution < 1.29 is 14.4 Å². The van der Waals surface area contributed by atoms with Crippen molar-refractivity contribution in [2.24, 2.45) is 5.92 Å². The number of carboxylic acids is 1. The summed E-state index contributed by atoms with van der Waals surface area (Å²) in [5.74, 6) is 0.948. The Kier molecular flexibility index (Phi) is 6.64. The molecule has 1 aromatic heterocycles. The quantitative estimate of drug-likeness (QED) is 0.749. The fourth-order valence-electron chi connectivity index (χ4n) is 1.85. The predicted octanol–water partition coefficient (Wildman–Crippen LogP) is 2.34. The predicted molar refractivity (Wildman–Crippen MR) is 75.3 cm³/mol. The van der Waals surface area contributed by atoms with E-state index in [4.69, 9.17) is 9.63 Å². The Hall–Kier alpha value is -1.43. The maximum atomic E-state index is 10.9. The summed E-state index contributed by atoms with van der Waals surface area (Å²) in [4.78, 5) is 17.1. The third-order valence-electron chi connectivity index (χ3n) is 3.35. The SMILES string of the molecule is CCC(C)N(CC(=O)O)Cc1nc(CCC(C)C)no1. The standard InChI is InChI=1S/C14H25N3O3/c1-5-11(4)17(9-14(18)19)8-13-15-12(16-20-13)7-6-10(2)3/h10-11H,5-9H2,1-4H3,(H,18,19). The molecule has 6 nitrogen and oxygen atoms in total. The number of carboxylic acid groups (broad SMARTS) is 1. The van der Waals surface area contributed by atoms with Gasteiger partial charge in [0.1, 0.15) is 0 Å². The second kappa shape index (κ2) is 7.99. The van der Waals surface area contributed by atoms with Crippen LogP contribution in [0.1, 0.15) is 52.3 Å². The van der Waals surface area contributed by atoms with Gasteiger partial charge in [0, 0.05) is 12.5 Å². The lowest BCUT2D eigenvalue weighted by molar-refractivity contribution is -0.139. The van der Waals surface area contributed by atoms with Gasteiger partial charge in [0.05, 0.1) is 13.1 Å². The van der Waals surface area contributed by atoms with E-state index in [1.54, 1.807) is 0 Å². The van der Waals surface area contributed by atoms with Gasteiger partial charge >= 0.3 is 5.97 Å². The highest BCUT2D eigenvalue weighted by Crippen LogP contribution is 2.11. The average molecular weight is 283 g/mol. The van der Waals surface area contributed by atoms with Crippen molar-refractivity contribution in [3.05, 3.63) is 11.7 Å². The van der Waals surface area contributed by atoms with E-state index in [1.807, 2.05) is 18.7 Å². The number of hydrogen-bond acceptors (Lipinski definition) is 5. The minimum Gasteiger partial charge on any atom is -0.480 e. The van der Waals surface area contributed by atoms with Gasteiger partial charge in [-0.3, -0.25) is 9.69 Å².